The third-order valence-electron chi connectivity index (χ3n) is 4.54. The Kier molecular flexibility index (Phi) is 4.94. The van der Waals surface area contributed by atoms with Crippen LogP contribution in [0.4, 0.5) is 0 Å². The minimum Gasteiger partial charge on any atom is -0.268 e. The lowest BCUT2D eigenvalue weighted by Crippen LogP contribution is -2.32. The number of carbonyl (C=O) groups is 1. The second-order valence-corrected chi connectivity index (χ2v) is 9.14. The van der Waals surface area contributed by atoms with E-state index in [2.05, 4.69) is 22.1 Å². The Balaban J connectivity index is 1.41. The van der Waals surface area contributed by atoms with Crippen molar-refractivity contribution in [1.29, 1.82) is 0 Å². The fourth-order valence-corrected chi connectivity index (χ4v) is 5.42. The van der Waals surface area contributed by atoms with Gasteiger partial charge in [-0.05, 0) is 24.1 Å². The number of nitrogens with zero attached hydrogens (tertiary/aromatic N) is 3. The Morgan fingerprint density at radius 1 is 1.11 bits per heavy atom. The second-order valence-electron chi connectivity index (χ2n) is 6.24. The lowest BCUT2D eigenvalue weighted by Gasteiger charge is -2.13. The maximum Gasteiger partial charge on any atom is 0.269 e. The maximum absolute atomic E-state index is 12.5. The second kappa shape index (κ2) is 7.40. The Morgan fingerprint density at radius 3 is 2.57 bits per heavy atom. The van der Waals surface area contributed by atoms with E-state index < -0.39 is 15.9 Å². The van der Waals surface area contributed by atoms with Gasteiger partial charge < -0.3 is 0 Å². The SMILES string of the molecule is CCc1ccc(-c2nc(SCCN3C(=O)c4ccccc4S3(=O)=O)n[nH]2)cc1. The lowest BCUT2D eigenvalue weighted by atomic mass is 10.1. The fraction of sp³-hybridized carbons (Fsp3) is 0.211. The molecule has 0 radical (unpaired) electrons. The van der Waals surface area contributed by atoms with E-state index >= 15 is 0 Å². The van der Waals surface area contributed by atoms with E-state index in [1.807, 2.05) is 24.3 Å². The van der Waals surface area contributed by atoms with Gasteiger partial charge >= 0.3 is 0 Å². The third kappa shape index (κ3) is 3.31. The first kappa shape index (κ1) is 18.7. The topological polar surface area (TPSA) is 96.0 Å². The first-order chi connectivity index (χ1) is 13.5. The predicted octanol–water partition coefficient (Wildman–Crippen LogP) is 2.97. The Hall–Kier alpha value is -2.65. The van der Waals surface area contributed by atoms with Crippen LogP contribution in [-0.2, 0) is 16.4 Å². The summed E-state index contributed by atoms with van der Waals surface area (Å²) >= 11 is 1.30. The summed E-state index contributed by atoms with van der Waals surface area (Å²) in [6, 6.07) is 14.3. The highest BCUT2D eigenvalue weighted by Crippen LogP contribution is 2.30. The highest BCUT2D eigenvalue weighted by Gasteiger charge is 2.40. The van der Waals surface area contributed by atoms with E-state index in [1.165, 1.54) is 29.5 Å². The first-order valence-electron chi connectivity index (χ1n) is 8.81. The van der Waals surface area contributed by atoms with Gasteiger partial charge in [-0.2, -0.15) is 0 Å². The van der Waals surface area contributed by atoms with E-state index in [0.29, 0.717) is 16.7 Å². The molecule has 3 aromatic rings. The van der Waals surface area contributed by atoms with Crippen molar-refractivity contribution in [3.8, 4) is 11.4 Å². The molecule has 28 heavy (non-hydrogen) atoms. The molecule has 1 aliphatic heterocycles. The number of aromatic nitrogens is 3. The van der Waals surface area contributed by atoms with Crippen molar-refractivity contribution in [3.63, 3.8) is 0 Å². The molecule has 0 bridgehead atoms. The van der Waals surface area contributed by atoms with Gasteiger partial charge in [-0.15, -0.1) is 5.10 Å². The summed E-state index contributed by atoms with van der Waals surface area (Å²) in [5, 5.41) is 7.57. The minimum atomic E-state index is -3.77. The number of aryl methyl sites for hydroxylation is 1. The van der Waals surface area contributed by atoms with Crippen molar-refractivity contribution < 1.29 is 13.2 Å². The van der Waals surface area contributed by atoms with Crippen LogP contribution in [0.2, 0.25) is 0 Å². The number of fused-ring (bicyclic) bond motifs is 1. The van der Waals surface area contributed by atoms with Crippen LogP contribution in [0.3, 0.4) is 0 Å². The van der Waals surface area contributed by atoms with Crippen LogP contribution in [0, 0.1) is 0 Å². The summed E-state index contributed by atoms with van der Waals surface area (Å²) in [6.45, 7) is 2.16. The van der Waals surface area contributed by atoms with Crippen LogP contribution >= 0.6 is 11.8 Å². The van der Waals surface area contributed by atoms with Gasteiger partial charge in [-0.1, -0.05) is 55.1 Å². The van der Waals surface area contributed by atoms with E-state index in [4.69, 9.17) is 0 Å². The van der Waals surface area contributed by atoms with E-state index in [1.54, 1.807) is 12.1 Å². The highest BCUT2D eigenvalue weighted by molar-refractivity contribution is 7.99. The van der Waals surface area contributed by atoms with Gasteiger partial charge in [-0.3, -0.25) is 9.89 Å². The molecule has 0 aliphatic carbocycles. The molecular weight excluding hydrogens is 396 g/mol. The predicted molar refractivity (Wildman–Crippen MR) is 107 cm³/mol. The van der Waals surface area contributed by atoms with Gasteiger partial charge in [0.2, 0.25) is 5.16 Å². The fourth-order valence-electron chi connectivity index (χ4n) is 3.01. The monoisotopic (exact) mass is 414 g/mol. The van der Waals surface area contributed by atoms with Crippen LogP contribution in [0.15, 0.2) is 58.6 Å². The lowest BCUT2D eigenvalue weighted by molar-refractivity contribution is 0.0876. The molecule has 4 rings (SSSR count). The summed E-state index contributed by atoms with van der Waals surface area (Å²) in [5.74, 6) is 0.538. The van der Waals surface area contributed by atoms with Crippen molar-refractivity contribution >= 4 is 27.7 Å². The van der Waals surface area contributed by atoms with Crippen LogP contribution in [0.25, 0.3) is 11.4 Å². The highest BCUT2D eigenvalue weighted by atomic mass is 32.2. The van der Waals surface area contributed by atoms with Gasteiger partial charge in [0.25, 0.3) is 15.9 Å². The van der Waals surface area contributed by atoms with Crippen molar-refractivity contribution in [2.45, 2.75) is 23.4 Å². The number of nitrogens with one attached hydrogen (secondary N) is 1. The van der Waals surface area contributed by atoms with Crippen molar-refractivity contribution in [2.24, 2.45) is 0 Å². The molecule has 0 unspecified atom stereocenters. The van der Waals surface area contributed by atoms with Gasteiger partial charge in [0.15, 0.2) is 5.82 Å². The molecule has 0 atom stereocenters. The molecule has 1 amide bonds. The van der Waals surface area contributed by atoms with Crippen LogP contribution < -0.4 is 0 Å². The number of hydrogen-bond acceptors (Lipinski definition) is 6. The molecule has 9 heteroatoms. The molecular formula is C19H18N4O3S2. The summed E-state index contributed by atoms with van der Waals surface area (Å²) < 4.78 is 26.0. The average Bonchev–Trinajstić information content (AvgIpc) is 3.26. The molecule has 1 N–H and O–H groups in total. The molecule has 144 valence electrons. The Morgan fingerprint density at radius 2 is 1.86 bits per heavy atom. The number of thioether (sulfide) groups is 1. The Bertz CT molecular complexity index is 1120. The van der Waals surface area contributed by atoms with E-state index in [9.17, 15) is 13.2 Å². The van der Waals surface area contributed by atoms with E-state index in [-0.39, 0.29) is 17.0 Å². The number of carbonyl (C=O) groups excluding carboxylic acids is 1. The number of amides is 1. The quantitative estimate of drug-likeness (QED) is 0.623. The van der Waals surface area contributed by atoms with Gasteiger partial charge in [0.1, 0.15) is 4.90 Å². The number of benzene rings is 2. The Labute approximate surface area is 167 Å². The molecule has 2 aromatic carbocycles. The number of aromatic amines is 1. The molecule has 2 heterocycles. The van der Waals surface area contributed by atoms with Gasteiger partial charge in [-0.25, -0.2) is 17.7 Å². The van der Waals surface area contributed by atoms with Gasteiger partial charge in [0.05, 0.1) is 5.56 Å². The van der Waals surface area contributed by atoms with Crippen molar-refractivity contribution in [3.05, 3.63) is 59.7 Å². The average molecular weight is 415 g/mol. The van der Waals surface area contributed by atoms with Gasteiger partial charge in [0, 0.05) is 17.9 Å². The van der Waals surface area contributed by atoms with Crippen LogP contribution in [0.1, 0.15) is 22.8 Å². The normalized spacial score (nSPS) is 15.0. The molecule has 0 saturated carbocycles. The van der Waals surface area contributed by atoms with Crippen LogP contribution in [0.5, 0.6) is 0 Å². The number of hydrogen-bond donors (Lipinski definition) is 1. The van der Waals surface area contributed by atoms with Crippen LogP contribution in [-0.4, -0.2) is 46.1 Å². The van der Waals surface area contributed by atoms with Crippen molar-refractivity contribution in [1.82, 2.24) is 19.5 Å². The molecule has 0 fully saturated rings. The standard InChI is InChI=1S/C19H18N4O3S2/c1-2-13-7-9-14(10-8-13)17-20-19(22-21-17)27-12-11-23-18(24)15-5-3-4-6-16(15)28(23,25)26/h3-10H,2,11-12H2,1H3,(H,20,21,22). The summed E-state index contributed by atoms with van der Waals surface area (Å²) in [6.07, 6.45) is 0.972. The third-order valence-corrected chi connectivity index (χ3v) is 7.21. The largest absolute Gasteiger partial charge is 0.269 e. The minimum absolute atomic E-state index is 0.0651. The first-order valence-corrected chi connectivity index (χ1v) is 11.2. The number of rotatable bonds is 6. The van der Waals surface area contributed by atoms with E-state index in [0.717, 1.165) is 16.3 Å². The molecule has 1 aliphatic rings. The van der Waals surface area contributed by atoms with Crippen molar-refractivity contribution in [2.75, 3.05) is 12.3 Å². The number of H-pyrrole nitrogens is 1. The number of sulfonamides is 1. The summed E-state index contributed by atoms with van der Waals surface area (Å²) in [5.41, 5.74) is 2.41. The molecule has 0 saturated heterocycles. The molecule has 1 aromatic heterocycles. The zero-order valence-corrected chi connectivity index (χ0v) is 16.8. The maximum atomic E-state index is 12.5. The molecule has 0 spiro atoms. The zero-order valence-electron chi connectivity index (χ0n) is 15.1. The molecule has 7 nitrogen and oxygen atoms in total. The smallest absolute Gasteiger partial charge is 0.268 e. The summed E-state index contributed by atoms with van der Waals surface area (Å²) in [7, 11) is -3.77. The summed E-state index contributed by atoms with van der Waals surface area (Å²) in [4.78, 5) is 16.9. The zero-order chi connectivity index (χ0) is 19.7.